The summed E-state index contributed by atoms with van der Waals surface area (Å²) >= 11 is 0. The third-order valence-corrected chi connectivity index (χ3v) is 5.98. The molecule has 166 valence electrons. The number of rotatable bonds is 6. The van der Waals surface area contributed by atoms with Crippen LogP contribution in [-0.4, -0.2) is 42.5 Å². The van der Waals surface area contributed by atoms with E-state index < -0.39 is 0 Å². The van der Waals surface area contributed by atoms with Gasteiger partial charge < -0.3 is 14.8 Å². The van der Waals surface area contributed by atoms with Crippen molar-refractivity contribution in [2.75, 3.05) is 25.3 Å². The van der Waals surface area contributed by atoms with Gasteiger partial charge in [0.15, 0.2) is 0 Å². The van der Waals surface area contributed by atoms with Gasteiger partial charge in [-0.3, -0.25) is 24.8 Å². The van der Waals surface area contributed by atoms with E-state index in [1.807, 2.05) is 35.3 Å². The minimum Gasteiger partial charge on any atom is -0.496 e. The maximum absolute atomic E-state index is 12.5. The Hall–Kier alpha value is -3.56. The first kappa shape index (κ1) is 20.3. The maximum Gasteiger partial charge on any atom is 0.271 e. The second-order valence-corrected chi connectivity index (χ2v) is 7.92. The van der Waals surface area contributed by atoms with Gasteiger partial charge in [-0.1, -0.05) is 36.4 Å². The van der Waals surface area contributed by atoms with Gasteiger partial charge in [0, 0.05) is 13.2 Å². The molecular formula is C23H25N5O4. The van der Waals surface area contributed by atoms with Gasteiger partial charge in [0.1, 0.15) is 11.6 Å². The molecular weight excluding hydrogens is 410 g/mol. The van der Waals surface area contributed by atoms with E-state index in [9.17, 15) is 9.59 Å². The number of H-pyrrole nitrogens is 2. The van der Waals surface area contributed by atoms with Crippen LogP contribution in [-0.2, 0) is 11.3 Å². The molecule has 9 heteroatoms. The number of methoxy groups -OCH3 is 1. The average molecular weight is 435 g/mol. The molecule has 3 aromatic rings. The topological polar surface area (TPSA) is 111 Å². The molecule has 0 spiro atoms. The van der Waals surface area contributed by atoms with Gasteiger partial charge in [-0.25, -0.2) is 5.43 Å². The van der Waals surface area contributed by atoms with E-state index in [2.05, 4.69) is 20.9 Å². The van der Waals surface area contributed by atoms with Crippen LogP contribution in [0.1, 0.15) is 39.5 Å². The highest BCUT2D eigenvalue weighted by Crippen LogP contribution is 2.35. The molecule has 5 rings (SSSR count). The van der Waals surface area contributed by atoms with E-state index >= 15 is 0 Å². The number of carbonyl (C=O) groups excluding carboxylic acids is 1. The number of hydrogen-bond acceptors (Lipinski definition) is 6. The fraction of sp³-hybridized carbons (Fsp3) is 0.304. The number of nitrogens with zero attached hydrogens (tertiary/aromatic N) is 1. The second-order valence-electron chi connectivity index (χ2n) is 7.92. The van der Waals surface area contributed by atoms with Gasteiger partial charge in [-0.05, 0) is 29.7 Å². The van der Waals surface area contributed by atoms with Crippen molar-refractivity contribution in [1.29, 1.82) is 0 Å². The summed E-state index contributed by atoms with van der Waals surface area (Å²) in [5.41, 5.74) is 6.43. The number of carbonyl (C=O) groups is 1. The fourth-order valence-electron chi connectivity index (χ4n) is 4.28. The van der Waals surface area contributed by atoms with Crippen molar-refractivity contribution in [1.82, 2.24) is 20.9 Å². The number of aromatic amines is 2. The number of hydrogen-bond donors (Lipinski definition) is 4. The standard InChI is InChI=1S/C23H25N5O4/c1-31-18-5-3-2-4-17(18)22(29)24-12-14-6-8-15(9-7-14)20-19-21(25-26-23(19)30)28(27-20)16-10-11-32-13-16/h2-9,16,20,27H,10-13H2,1H3,(H,24,29)(H2,25,26,30). The van der Waals surface area contributed by atoms with Crippen molar-refractivity contribution in [2.24, 2.45) is 0 Å². The lowest BCUT2D eigenvalue weighted by atomic mass is 10.0. The Labute approximate surface area is 184 Å². The summed E-state index contributed by atoms with van der Waals surface area (Å²) < 4.78 is 10.8. The summed E-state index contributed by atoms with van der Waals surface area (Å²) in [5.74, 6) is 1.11. The molecule has 32 heavy (non-hydrogen) atoms. The van der Waals surface area contributed by atoms with Crippen molar-refractivity contribution < 1.29 is 14.3 Å². The number of anilines is 1. The number of amides is 1. The van der Waals surface area contributed by atoms with Crippen LogP contribution in [0.4, 0.5) is 5.82 Å². The molecule has 9 nitrogen and oxygen atoms in total. The third kappa shape index (κ3) is 3.65. The number of hydrazine groups is 1. The van der Waals surface area contributed by atoms with Crippen LogP contribution in [0.5, 0.6) is 5.75 Å². The lowest BCUT2D eigenvalue weighted by molar-refractivity contribution is 0.0948. The summed E-state index contributed by atoms with van der Waals surface area (Å²) in [6.07, 6.45) is 0.900. The zero-order valence-corrected chi connectivity index (χ0v) is 17.7. The molecule has 1 aromatic heterocycles. The number of fused-ring (bicyclic) bond motifs is 1. The Bertz CT molecular complexity index is 1160. The molecule has 2 atom stereocenters. The molecule has 3 heterocycles. The van der Waals surface area contributed by atoms with E-state index in [0.717, 1.165) is 23.4 Å². The van der Waals surface area contributed by atoms with Crippen LogP contribution >= 0.6 is 0 Å². The summed E-state index contributed by atoms with van der Waals surface area (Å²) in [5, 5.41) is 10.6. The molecule has 1 amide bonds. The number of benzene rings is 2. The summed E-state index contributed by atoms with van der Waals surface area (Å²) in [4.78, 5) is 25.0. The summed E-state index contributed by atoms with van der Waals surface area (Å²) in [6.45, 7) is 1.72. The molecule has 1 fully saturated rings. The Balaban J connectivity index is 1.29. The Morgan fingerprint density at radius 1 is 1.19 bits per heavy atom. The molecule has 4 N–H and O–H groups in total. The van der Waals surface area contributed by atoms with Crippen molar-refractivity contribution in [3.63, 3.8) is 0 Å². The van der Waals surface area contributed by atoms with Gasteiger partial charge >= 0.3 is 0 Å². The molecule has 2 aromatic carbocycles. The first-order chi connectivity index (χ1) is 15.7. The number of ether oxygens (including phenoxy) is 2. The zero-order valence-electron chi connectivity index (χ0n) is 17.7. The zero-order chi connectivity index (χ0) is 22.1. The van der Waals surface area contributed by atoms with E-state index in [0.29, 0.717) is 36.6 Å². The van der Waals surface area contributed by atoms with Crippen molar-refractivity contribution in [3.8, 4) is 5.75 Å². The molecule has 0 bridgehead atoms. The lowest BCUT2D eigenvalue weighted by Crippen LogP contribution is -2.44. The third-order valence-electron chi connectivity index (χ3n) is 5.98. The Morgan fingerprint density at radius 2 is 2.00 bits per heavy atom. The molecule has 2 unspecified atom stereocenters. The predicted octanol–water partition coefficient (Wildman–Crippen LogP) is 1.84. The Kier molecular flexibility index (Phi) is 5.42. The van der Waals surface area contributed by atoms with E-state index in [1.165, 1.54) is 0 Å². The summed E-state index contributed by atoms with van der Waals surface area (Å²) in [6, 6.07) is 14.9. The number of para-hydroxylation sites is 1. The average Bonchev–Trinajstić information content (AvgIpc) is 3.57. The van der Waals surface area contributed by atoms with Crippen LogP contribution < -0.4 is 26.0 Å². The first-order valence-corrected chi connectivity index (χ1v) is 10.6. The smallest absolute Gasteiger partial charge is 0.271 e. The Morgan fingerprint density at radius 3 is 2.75 bits per heavy atom. The molecule has 2 aliphatic rings. The van der Waals surface area contributed by atoms with Crippen LogP contribution in [0.25, 0.3) is 0 Å². The van der Waals surface area contributed by atoms with Crippen molar-refractivity contribution in [2.45, 2.75) is 25.0 Å². The van der Waals surface area contributed by atoms with Crippen molar-refractivity contribution >= 4 is 11.7 Å². The summed E-state index contributed by atoms with van der Waals surface area (Å²) in [7, 11) is 1.55. The van der Waals surface area contributed by atoms with E-state index in [1.54, 1.807) is 25.3 Å². The molecule has 0 aliphatic carbocycles. The largest absolute Gasteiger partial charge is 0.496 e. The first-order valence-electron chi connectivity index (χ1n) is 10.6. The maximum atomic E-state index is 12.5. The highest BCUT2D eigenvalue weighted by Gasteiger charge is 2.38. The second kappa shape index (κ2) is 8.52. The van der Waals surface area contributed by atoms with Gasteiger partial charge in [0.2, 0.25) is 0 Å². The number of nitrogens with one attached hydrogen (secondary N) is 4. The minimum atomic E-state index is -0.252. The highest BCUT2D eigenvalue weighted by molar-refractivity contribution is 5.96. The van der Waals surface area contributed by atoms with Crippen LogP contribution in [0.2, 0.25) is 0 Å². The SMILES string of the molecule is COc1ccccc1C(=O)NCc1ccc(C2NN(C3CCOC3)c3[nH][nH]c(=O)c32)cc1. The quantitative estimate of drug-likeness (QED) is 0.470. The minimum absolute atomic E-state index is 0.132. The highest BCUT2D eigenvalue weighted by atomic mass is 16.5. The van der Waals surface area contributed by atoms with Gasteiger partial charge in [-0.15, -0.1) is 0 Å². The van der Waals surface area contributed by atoms with Crippen LogP contribution in [0.3, 0.4) is 0 Å². The van der Waals surface area contributed by atoms with Crippen LogP contribution in [0.15, 0.2) is 53.3 Å². The molecule has 1 saturated heterocycles. The van der Waals surface area contributed by atoms with Gasteiger partial charge in [-0.2, -0.15) is 0 Å². The normalized spacial score (nSPS) is 19.7. The number of aromatic nitrogens is 2. The predicted molar refractivity (Wildman–Crippen MR) is 119 cm³/mol. The van der Waals surface area contributed by atoms with Gasteiger partial charge in [0.25, 0.3) is 11.5 Å². The van der Waals surface area contributed by atoms with Crippen LogP contribution in [0, 0.1) is 0 Å². The fourth-order valence-corrected chi connectivity index (χ4v) is 4.28. The lowest BCUT2D eigenvalue weighted by Gasteiger charge is -2.26. The molecule has 2 aliphatic heterocycles. The van der Waals surface area contributed by atoms with Gasteiger partial charge in [0.05, 0.1) is 36.9 Å². The van der Waals surface area contributed by atoms with E-state index in [4.69, 9.17) is 9.47 Å². The monoisotopic (exact) mass is 435 g/mol. The molecule has 0 saturated carbocycles. The van der Waals surface area contributed by atoms with Crippen molar-refractivity contribution in [3.05, 3.63) is 81.1 Å². The van der Waals surface area contributed by atoms with E-state index in [-0.39, 0.29) is 23.6 Å². The molecule has 0 radical (unpaired) electrons.